The van der Waals surface area contributed by atoms with Gasteiger partial charge in [0.15, 0.2) is 0 Å². The van der Waals surface area contributed by atoms with Crippen LogP contribution in [0.3, 0.4) is 0 Å². The molecule has 0 aliphatic carbocycles. The molecule has 1 aromatic rings. The molecule has 0 bridgehead atoms. The Morgan fingerprint density at radius 1 is 1.31 bits per heavy atom. The molecule has 3 nitrogen and oxygen atoms in total. The van der Waals surface area contributed by atoms with Crippen LogP contribution in [-0.4, -0.2) is 31.1 Å². The molecule has 0 aromatic heterocycles. The second kappa shape index (κ2) is 6.96. The number of hydrogen-bond acceptors (Lipinski definition) is 3. The van der Waals surface area contributed by atoms with Crippen molar-refractivity contribution in [1.29, 1.82) is 0 Å². The third-order valence-corrected chi connectivity index (χ3v) is 3.36. The second-order valence-corrected chi connectivity index (χ2v) is 4.73. The van der Waals surface area contributed by atoms with Crippen molar-refractivity contribution in [2.45, 2.75) is 13.8 Å². The van der Waals surface area contributed by atoms with Crippen molar-refractivity contribution in [1.82, 2.24) is 4.90 Å². The first kappa shape index (κ1) is 13.6. The van der Waals surface area contributed by atoms with E-state index in [4.69, 9.17) is 10.5 Å². The monoisotopic (exact) mass is 334 g/mol. The minimum absolute atomic E-state index is 0.724. The Morgan fingerprint density at radius 3 is 2.56 bits per heavy atom. The maximum Gasteiger partial charge on any atom is 0.132 e. The first-order valence-electron chi connectivity index (χ1n) is 5.57. The zero-order valence-corrected chi connectivity index (χ0v) is 12.0. The summed E-state index contributed by atoms with van der Waals surface area (Å²) in [5.41, 5.74) is 6.46. The van der Waals surface area contributed by atoms with Crippen molar-refractivity contribution < 1.29 is 4.74 Å². The highest BCUT2D eigenvalue weighted by Crippen LogP contribution is 2.22. The van der Waals surface area contributed by atoms with Crippen LogP contribution in [0.2, 0.25) is 0 Å². The molecule has 0 aliphatic rings. The Hall–Kier alpha value is -0.490. The fourth-order valence-electron chi connectivity index (χ4n) is 1.46. The predicted octanol–water partition coefficient (Wildman–Crippen LogP) is 2.59. The number of rotatable bonds is 6. The number of nitrogens with two attached hydrogens (primary N) is 1. The SMILES string of the molecule is CCN(CC)CCOc1ccc(N)cc1I. The van der Waals surface area contributed by atoms with Gasteiger partial charge < -0.3 is 15.4 Å². The molecule has 0 amide bonds. The van der Waals surface area contributed by atoms with Gasteiger partial charge in [-0.15, -0.1) is 0 Å². The Morgan fingerprint density at radius 2 is 2.00 bits per heavy atom. The number of halogens is 1. The van der Waals surface area contributed by atoms with Crippen molar-refractivity contribution in [2.75, 3.05) is 32.0 Å². The standard InChI is InChI=1S/C12H19IN2O/c1-3-15(4-2)7-8-16-12-6-5-10(14)9-11(12)13/h5-6,9H,3-4,7-8,14H2,1-2H3. The summed E-state index contributed by atoms with van der Waals surface area (Å²) in [5.74, 6) is 0.918. The van der Waals surface area contributed by atoms with Crippen LogP contribution in [0.5, 0.6) is 5.75 Å². The van der Waals surface area contributed by atoms with Crippen molar-refractivity contribution in [3.8, 4) is 5.75 Å². The van der Waals surface area contributed by atoms with Crippen molar-refractivity contribution in [2.24, 2.45) is 0 Å². The highest BCUT2D eigenvalue weighted by Gasteiger charge is 2.03. The molecule has 0 aliphatic heterocycles. The number of ether oxygens (including phenoxy) is 1. The predicted molar refractivity (Wildman–Crippen MR) is 76.9 cm³/mol. The molecule has 16 heavy (non-hydrogen) atoms. The lowest BCUT2D eigenvalue weighted by atomic mass is 10.3. The summed E-state index contributed by atoms with van der Waals surface area (Å²) >= 11 is 2.24. The molecule has 4 heteroatoms. The molecule has 90 valence electrons. The van der Waals surface area contributed by atoms with Crippen molar-refractivity contribution >= 4 is 28.3 Å². The average molecular weight is 334 g/mol. The Bertz CT molecular complexity index is 327. The van der Waals surface area contributed by atoms with Crippen LogP contribution in [0, 0.1) is 3.57 Å². The number of anilines is 1. The first-order valence-corrected chi connectivity index (χ1v) is 6.65. The van der Waals surface area contributed by atoms with E-state index in [1.165, 1.54) is 0 Å². The van der Waals surface area contributed by atoms with E-state index in [0.717, 1.165) is 41.2 Å². The van der Waals surface area contributed by atoms with Crippen LogP contribution in [0.4, 0.5) is 5.69 Å². The van der Waals surface area contributed by atoms with E-state index in [0.29, 0.717) is 0 Å². The molecule has 1 rings (SSSR count). The number of nitrogens with zero attached hydrogens (tertiary/aromatic N) is 1. The number of benzene rings is 1. The van der Waals surface area contributed by atoms with E-state index >= 15 is 0 Å². The largest absolute Gasteiger partial charge is 0.491 e. The minimum Gasteiger partial charge on any atom is -0.491 e. The van der Waals surface area contributed by atoms with Crippen LogP contribution in [0.25, 0.3) is 0 Å². The molecule has 0 radical (unpaired) electrons. The van der Waals surface area contributed by atoms with Gasteiger partial charge in [-0.05, 0) is 53.9 Å². The molecule has 0 spiro atoms. The molecule has 0 heterocycles. The van der Waals surface area contributed by atoms with Gasteiger partial charge >= 0.3 is 0 Å². The smallest absolute Gasteiger partial charge is 0.132 e. The van der Waals surface area contributed by atoms with Crippen molar-refractivity contribution in [3.63, 3.8) is 0 Å². The van der Waals surface area contributed by atoms with Gasteiger partial charge in [0.25, 0.3) is 0 Å². The van der Waals surface area contributed by atoms with E-state index in [2.05, 4.69) is 41.3 Å². The molecule has 1 aromatic carbocycles. The second-order valence-electron chi connectivity index (χ2n) is 3.57. The van der Waals surface area contributed by atoms with Gasteiger partial charge in [0.05, 0.1) is 3.57 Å². The van der Waals surface area contributed by atoms with E-state index in [1.807, 2.05) is 18.2 Å². The highest BCUT2D eigenvalue weighted by atomic mass is 127. The summed E-state index contributed by atoms with van der Waals surface area (Å²) in [5, 5.41) is 0. The van der Waals surface area contributed by atoms with Gasteiger partial charge in [0, 0.05) is 12.2 Å². The molecule has 0 atom stereocenters. The van der Waals surface area contributed by atoms with Crippen LogP contribution in [0.1, 0.15) is 13.8 Å². The molecular formula is C12H19IN2O. The number of nitrogen functional groups attached to an aromatic ring is 1. The quantitative estimate of drug-likeness (QED) is 0.642. The molecule has 0 saturated heterocycles. The van der Waals surface area contributed by atoms with E-state index in [9.17, 15) is 0 Å². The van der Waals surface area contributed by atoms with Gasteiger partial charge in [-0.1, -0.05) is 13.8 Å². The van der Waals surface area contributed by atoms with Gasteiger partial charge in [-0.2, -0.15) is 0 Å². The van der Waals surface area contributed by atoms with Crippen LogP contribution in [-0.2, 0) is 0 Å². The van der Waals surface area contributed by atoms with Crippen LogP contribution >= 0.6 is 22.6 Å². The third kappa shape index (κ3) is 4.17. The van der Waals surface area contributed by atoms with E-state index in [-0.39, 0.29) is 0 Å². The number of likely N-dealkylation sites (N-methyl/N-ethyl adjacent to an activating group) is 1. The zero-order valence-electron chi connectivity index (χ0n) is 9.87. The topological polar surface area (TPSA) is 38.5 Å². The Balaban J connectivity index is 2.42. The summed E-state index contributed by atoms with van der Waals surface area (Å²) in [6.45, 7) is 8.15. The van der Waals surface area contributed by atoms with E-state index < -0.39 is 0 Å². The van der Waals surface area contributed by atoms with Crippen LogP contribution in [0.15, 0.2) is 18.2 Å². The van der Waals surface area contributed by atoms with E-state index in [1.54, 1.807) is 0 Å². The van der Waals surface area contributed by atoms with Gasteiger partial charge in [-0.25, -0.2) is 0 Å². The Labute approximate surface area is 111 Å². The molecule has 2 N–H and O–H groups in total. The normalized spacial score (nSPS) is 10.8. The zero-order chi connectivity index (χ0) is 12.0. The average Bonchev–Trinajstić information content (AvgIpc) is 2.27. The molecule has 0 fully saturated rings. The van der Waals surface area contributed by atoms with Gasteiger partial charge in [-0.3, -0.25) is 0 Å². The summed E-state index contributed by atoms with van der Waals surface area (Å²) in [4.78, 5) is 2.34. The maximum absolute atomic E-state index is 5.72. The minimum atomic E-state index is 0.724. The number of hydrogen-bond donors (Lipinski definition) is 1. The fraction of sp³-hybridized carbons (Fsp3) is 0.500. The Kier molecular flexibility index (Phi) is 5.90. The summed E-state index contributed by atoms with van der Waals surface area (Å²) in [6, 6.07) is 5.72. The summed E-state index contributed by atoms with van der Waals surface area (Å²) < 4.78 is 6.79. The fourth-order valence-corrected chi connectivity index (χ4v) is 2.15. The van der Waals surface area contributed by atoms with Gasteiger partial charge in [0.1, 0.15) is 12.4 Å². The first-order chi connectivity index (χ1) is 7.67. The highest BCUT2D eigenvalue weighted by molar-refractivity contribution is 14.1. The van der Waals surface area contributed by atoms with Gasteiger partial charge in [0.2, 0.25) is 0 Å². The third-order valence-electron chi connectivity index (χ3n) is 2.52. The lowest BCUT2D eigenvalue weighted by molar-refractivity contribution is 0.222. The van der Waals surface area contributed by atoms with Crippen molar-refractivity contribution in [3.05, 3.63) is 21.8 Å². The van der Waals surface area contributed by atoms with Crippen LogP contribution < -0.4 is 10.5 Å². The molecular weight excluding hydrogens is 315 g/mol. The molecule has 0 unspecified atom stereocenters. The lowest BCUT2D eigenvalue weighted by Gasteiger charge is -2.18. The maximum atomic E-state index is 5.72. The summed E-state index contributed by atoms with van der Waals surface area (Å²) in [6.07, 6.45) is 0. The molecule has 0 saturated carbocycles. The lowest BCUT2D eigenvalue weighted by Crippen LogP contribution is -2.28. The summed E-state index contributed by atoms with van der Waals surface area (Å²) in [7, 11) is 0.